The lowest BCUT2D eigenvalue weighted by Gasteiger charge is -2.26. The van der Waals surface area contributed by atoms with Crippen LogP contribution in [0.2, 0.25) is 0 Å². The molecule has 3 nitrogen and oxygen atoms in total. The molecular weight excluding hydrogens is 1050 g/mol. The maximum absolute atomic E-state index is 4.72. The fraction of sp³-hybridized carbons (Fsp3) is 0.0476. The molecule has 1 heterocycles. The van der Waals surface area contributed by atoms with E-state index in [0.29, 0.717) is 5.92 Å². The highest BCUT2D eigenvalue weighted by Crippen LogP contribution is 2.40. The van der Waals surface area contributed by atoms with Crippen molar-refractivity contribution in [3.05, 3.63) is 377 Å². The maximum atomic E-state index is 4.72. The van der Waals surface area contributed by atoms with Gasteiger partial charge in [0.05, 0.1) is 11.0 Å². The van der Waals surface area contributed by atoms with Crippen LogP contribution in [0, 0.1) is 0 Å². The Hall–Kier alpha value is -11.0. The minimum Gasteiger partial charge on any atom is -0.318 e. The summed E-state index contributed by atoms with van der Waals surface area (Å²) >= 11 is 0. The van der Waals surface area contributed by atoms with Gasteiger partial charge in [0.1, 0.15) is 0 Å². The van der Waals surface area contributed by atoms with Crippen LogP contribution in [-0.2, 0) is 0 Å². The highest BCUT2D eigenvalue weighted by Gasteiger charge is 2.18. The highest BCUT2D eigenvalue weighted by atomic mass is 15.1. The van der Waals surface area contributed by atoms with Gasteiger partial charge in [0, 0.05) is 57.0 Å². The maximum Gasteiger partial charge on any atom is 0.0538 e. The summed E-state index contributed by atoms with van der Waals surface area (Å²) in [7, 11) is 0. The van der Waals surface area contributed by atoms with E-state index in [1.54, 1.807) is 6.08 Å². The smallest absolute Gasteiger partial charge is 0.0538 e. The standard InChI is InChI=1S/C84H69N3/c1-6-8-21-62(4)85(77-27-16-11-17-28-77)59-20-26-64(7-2)68-33-43-75(44-34-68)76-51-58-84-82(60-76)81-29-18-19-30-83(81)86(84)63(5)32-31-61(3)65-45-52-78(53-46-65)87(79-54-47-73(48-55-79)71-39-35-69(36-40-71)66-22-12-9-13-23-66)80-56-49-74(50-57-80)72-41-37-70(38-42-72)67-24-14-10-15-25-67/h6-30,33-37,39-60,70H,1-5,31-32,38H2. The Morgan fingerprint density at radius 2 is 0.989 bits per heavy atom. The monoisotopic (exact) mass is 1120 g/mol. The van der Waals surface area contributed by atoms with Gasteiger partial charge in [0.15, 0.2) is 0 Å². The van der Waals surface area contributed by atoms with Gasteiger partial charge in [-0.15, -0.1) is 0 Å². The largest absolute Gasteiger partial charge is 0.318 e. The average Bonchev–Trinajstić information content (AvgIpc) is 1.95. The van der Waals surface area contributed by atoms with Crippen LogP contribution >= 0.6 is 0 Å². The van der Waals surface area contributed by atoms with Crippen molar-refractivity contribution in [2.75, 3.05) is 9.80 Å². The molecule has 10 aromatic carbocycles. The van der Waals surface area contributed by atoms with E-state index < -0.39 is 0 Å². The summed E-state index contributed by atoms with van der Waals surface area (Å²) in [5.74, 6) is 0.395. The SMILES string of the molecule is C=CC=CC(=C)N(C=CC=C(C=C)c1ccc(-c2ccc3c(c2)c2ccccc2n3C(=C)CCC(=C)c2ccc(N(c3ccc(C4=CCC(c5ccccc5)C=C4)cc3)c3ccc(-c4ccc(-c5ccccc5)cc4)cc3)cc2)cc1)c1ccccc1. The van der Waals surface area contributed by atoms with Crippen LogP contribution in [0.15, 0.2) is 354 Å². The zero-order chi connectivity index (χ0) is 59.5. The molecule has 0 spiro atoms. The van der Waals surface area contributed by atoms with Crippen molar-refractivity contribution < 1.29 is 0 Å². The number of nitrogens with zero attached hydrogens (tertiary/aromatic N) is 3. The molecular formula is C84H69N3. The molecule has 1 aromatic heterocycles. The zero-order valence-corrected chi connectivity index (χ0v) is 49.1. The van der Waals surface area contributed by atoms with Gasteiger partial charge < -0.3 is 14.4 Å². The first kappa shape index (κ1) is 56.5. The molecule has 87 heavy (non-hydrogen) atoms. The Morgan fingerprint density at radius 3 is 1.61 bits per heavy atom. The van der Waals surface area contributed by atoms with Gasteiger partial charge in [-0.1, -0.05) is 263 Å². The third-order valence-corrected chi connectivity index (χ3v) is 16.5. The van der Waals surface area contributed by atoms with E-state index in [2.05, 4.69) is 302 Å². The third kappa shape index (κ3) is 12.6. The van der Waals surface area contributed by atoms with Gasteiger partial charge >= 0.3 is 0 Å². The third-order valence-electron chi connectivity index (χ3n) is 16.5. The molecule has 0 aliphatic heterocycles. The van der Waals surface area contributed by atoms with Gasteiger partial charge in [-0.3, -0.25) is 0 Å². The Morgan fingerprint density at radius 1 is 0.471 bits per heavy atom. The van der Waals surface area contributed by atoms with E-state index in [4.69, 9.17) is 6.58 Å². The number of fused-ring (bicyclic) bond motifs is 3. The van der Waals surface area contributed by atoms with Crippen LogP contribution < -0.4 is 9.80 Å². The summed E-state index contributed by atoms with van der Waals surface area (Å²) in [6.07, 6.45) is 23.1. The fourth-order valence-electron chi connectivity index (χ4n) is 11.8. The molecule has 12 rings (SSSR count). The molecule has 1 aliphatic carbocycles. The second-order valence-corrected chi connectivity index (χ2v) is 22.0. The molecule has 0 radical (unpaired) electrons. The van der Waals surface area contributed by atoms with E-state index in [-0.39, 0.29) is 0 Å². The number of para-hydroxylation sites is 2. The lowest BCUT2D eigenvalue weighted by molar-refractivity contribution is 0.856. The van der Waals surface area contributed by atoms with Crippen LogP contribution in [-0.4, -0.2) is 4.57 Å². The van der Waals surface area contributed by atoms with E-state index in [1.165, 1.54) is 49.7 Å². The van der Waals surface area contributed by atoms with Crippen molar-refractivity contribution in [3.63, 3.8) is 0 Å². The molecule has 1 atom stereocenters. The number of rotatable bonds is 21. The molecule has 11 aromatic rings. The zero-order valence-electron chi connectivity index (χ0n) is 49.1. The Kier molecular flexibility index (Phi) is 17.1. The molecule has 1 unspecified atom stereocenters. The molecule has 0 fully saturated rings. The summed E-state index contributed by atoms with van der Waals surface area (Å²) < 4.78 is 2.34. The number of benzene rings is 10. The number of allylic oxidation sites excluding steroid dienone is 13. The van der Waals surface area contributed by atoms with Gasteiger partial charge in [-0.05, 0) is 170 Å². The van der Waals surface area contributed by atoms with Crippen molar-refractivity contribution in [1.82, 2.24) is 4.57 Å². The molecule has 420 valence electrons. The van der Waals surface area contributed by atoms with E-state index in [1.807, 2.05) is 48.7 Å². The van der Waals surface area contributed by atoms with Crippen LogP contribution in [0.4, 0.5) is 22.7 Å². The predicted molar refractivity (Wildman–Crippen MR) is 376 cm³/mol. The van der Waals surface area contributed by atoms with Crippen molar-refractivity contribution in [3.8, 4) is 33.4 Å². The van der Waals surface area contributed by atoms with E-state index >= 15 is 0 Å². The minimum absolute atomic E-state index is 0.395. The first-order valence-corrected chi connectivity index (χ1v) is 29.8. The molecule has 0 N–H and O–H groups in total. The number of aromatic nitrogens is 1. The normalized spacial score (nSPS) is 13.2. The highest BCUT2D eigenvalue weighted by molar-refractivity contribution is 6.11. The van der Waals surface area contributed by atoms with Gasteiger partial charge in [0.25, 0.3) is 0 Å². The van der Waals surface area contributed by atoms with Crippen LogP contribution in [0.25, 0.3) is 77.6 Å². The summed E-state index contributed by atoms with van der Waals surface area (Å²) in [6, 6.07) is 91.4. The lowest BCUT2D eigenvalue weighted by Crippen LogP contribution is -2.12. The fourth-order valence-corrected chi connectivity index (χ4v) is 11.8. The summed E-state index contributed by atoms with van der Waals surface area (Å²) in [5.41, 5.74) is 23.5. The molecule has 3 heteroatoms. The first-order chi connectivity index (χ1) is 42.8. The van der Waals surface area contributed by atoms with E-state index in [0.717, 1.165) is 97.8 Å². The Labute approximate surface area is 513 Å². The Balaban J connectivity index is 0.754. The van der Waals surface area contributed by atoms with Crippen molar-refractivity contribution in [2.45, 2.75) is 25.2 Å². The van der Waals surface area contributed by atoms with Crippen LogP contribution in [0.1, 0.15) is 47.4 Å². The van der Waals surface area contributed by atoms with Crippen molar-refractivity contribution >= 4 is 67.0 Å². The summed E-state index contributed by atoms with van der Waals surface area (Å²) in [4.78, 5) is 4.40. The molecule has 0 saturated heterocycles. The minimum atomic E-state index is 0.395. The average molecular weight is 1120 g/mol. The van der Waals surface area contributed by atoms with E-state index in [9.17, 15) is 0 Å². The number of hydrogen-bond acceptors (Lipinski definition) is 2. The van der Waals surface area contributed by atoms with Crippen LogP contribution in [0.3, 0.4) is 0 Å². The summed E-state index contributed by atoms with van der Waals surface area (Å²) in [5, 5.41) is 2.39. The second-order valence-electron chi connectivity index (χ2n) is 22.0. The predicted octanol–water partition coefficient (Wildman–Crippen LogP) is 23.2. The number of hydrogen-bond donors (Lipinski definition) is 0. The molecule has 0 bridgehead atoms. The van der Waals surface area contributed by atoms with Gasteiger partial charge in [-0.2, -0.15) is 0 Å². The summed E-state index contributed by atoms with van der Waals surface area (Å²) in [6.45, 7) is 21.6. The molecule has 0 amide bonds. The van der Waals surface area contributed by atoms with Crippen LogP contribution in [0.5, 0.6) is 0 Å². The topological polar surface area (TPSA) is 11.4 Å². The molecule has 0 saturated carbocycles. The molecule has 1 aliphatic rings. The van der Waals surface area contributed by atoms with Crippen molar-refractivity contribution in [2.24, 2.45) is 0 Å². The Bertz CT molecular complexity index is 4440. The second kappa shape index (κ2) is 26.3. The number of anilines is 4. The van der Waals surface area contributed by atoms with Gasteiger partial charge in [0.2, 0.25) is 0 Å². The lowest BCUT2D eigenvalue weighted by atomic mass is 9.88. The first-order valence-electron chi connectivity index (χ1n) is 29.8. The quantitative estimate of drug-likeness (QED) is 0.0665. The van der Waals surface area contributed by atoms with Gasteiger partial charge in [-0.25, -0.2) is 0 Å². The van der Waals surface area contributed by atoms with Crippen molar-refractivity contribution in [1.29, 1.82) is 0 Å².